The predicted octanol–water partition coefficient (Wildman–Crippen LogP) is 2.91. The molecule has 1 aromatic heterocycles. The van der Waals surface area contributed by atoms with Gasteiger partial charge in [-0.3, -0.25) is 4.98 Å². The van der Waals surface area contributed by atoms with Crippen LogP contribution in [0.2, 0.25) is 0 Å². The number of piperidine rings is 1. The zero-order valence-electron chi connectivity index (χ0n) is 9.32. The Morgan fingerprint density at radius 3 is 2.60 bits per heavy atom. The minimum absolute atomic E-state index is 0.811. The molecule has 3 heterocycles. The number of fused-ring (bicyclic) bond motifs is 2. The highest BCUT2D eigenvalue weighted by molar-refractivity contribution is 5.50. The van der Waals surface area contributed by atoms with Crippen LogP contribution < -0.4 is 4.90 Å². The molecule has 0 aliphatic carbocycles. The van der Waals surface area contributed by atoms with E-state index < -0.39 is 0 Å². The smallest absolute Gasteiger partial charge is 0.0404 e. The lowest BCUT2D eigenvalue weighted by atomic mass is 10.0. The normalized spacial score (nSPS) is 29.5. The quantitative estimate of drug-likeness (QED) is 0.696. The number of rotatable bonds is 1. The number of pyridine rings is 1. The summed E-state index contributed by atoms with van der Waals surface area (Å²) in [6.07, 6.45) is 8.93. The van der Waals surface area contributed by atoms with Crippen molar-refractivity contribution >= 4 is 5.69 Å². The Morgan fingerprint density at radius 2 is 1.93 bits per heavy atom. The first-order chi connectivity index (χ1) is 7.34. The van der Waals surface area contributed by atoms with E-state index in [1.165, 1.54) is 37.8 Å². The fraction of sp³-hybridized carbons (Fsp3) is 0.615. The van der Waals surface area contributed by atoms with E-state index in [1.54, 1.807) is 0 Å². The summed E-state index contributed by atoms with van der Waals surface area (Å²) in [7, 11) is 0. The van der Waals surface area contributed by atoms with Gasteiger partial charge in [0.1, 0.15) is 0 Å². The van der Waals surface area contributed by atoms with Gasteiger partial charge in [0.25, 0.3) is 0 Å². The minimum Gasteiger partial charge on any atom is -0.365 e. The largest absolute Gasteiger partial charge is 0.365 e. The Hall–Kier alpha value is -1.05. The van der Waals surface area contributed by atoms with Crippen molar-refractivity contribution in [3.05, 3.63) is 24.0 Å². The third-order valence-electron chi connectivity index (χ3n) is 3.87. The minimum atomic E-state index is 0.811. The van der Waals surface area contributed by atoms with Crippen molar-refractivity contribution in [2.24, 2.45) is 0 Å². The third kappa shape index (κ3) is 1.52. The van der Waals surface area contributed by atoms with Crippen molar-refractivity contribution in [1.29, 1.82) is 0 Å². The molecule has 2 unspecified atom stereocenters. The number of anilines is 1. The van der Waals surface area contributed by atoms with E-state index in [2.05, 4.69) is 28.9 Å². The highest BCUT2D eigenvalue weighted by Crippen LogP contribution is 2.38. The monoisotopic (exact) mass is 202 g/mol. The summed E-state index contributed by atoms with van der Waals surface area (Å²) >= 11 is 0. The van der Waals surface area contributed by atoms with E-state index in [4.69, 9.17) is 0 Å². The molecule has 2 atom stereocenters. The lowest BCUT2D eigenvalue weighted by Crippen LogP contribution is -2.39. The van der Waals surface area contributed by atoms with Gasteiger partial charge in [-0.15, -0.1) is 0 Å². The second-order valence-corrected chi connectivity index (χ2v) is 4.88. The van der Waals surface area contributed by atoms with Crippen LogP contribution in [0.1, 0.15) is 37.8 Å². The van der Waals surface area contributed by atoms with Gasteiger partial charge in [0, 0.05) is 29.7 Å². The van der Waals surface area contributed by atoms with Crippen LogP contribution in [0.25, 0.3) is 0 Å². The maximum Gasteiger partial charge on any atom is 0.0404 e. The highest BCUT2D eigenvalue weighted by Gasteiger charge is 2.36. The van der Waals surface area contributed by atoms with Crippen LogP contribution in [0.15, 0.2) is 18.3 Å². The molecule has 0 N–H and O–H groups in total. The molecule has 0 aromatic carbocycles. The molecule has 0 spiro atoms. The van der Waals surface area contributed by atoms with Gasteiger partial charge in [-0.05, 0) is 51.2 Å². The molecule has 2 heteroatoms. The van der Waals surface area contributed by atoms with Crippen LogP contribution in [0.4, 0.5) is 5.69 Å². The molecule has 2 aliphatic heterocycles. The molecule has 1 aromatic rings. The first kappa shape index (κ1) is 9.20. The number of hydrogen-bond acceptors (Lipinski definition) is 2. The summed E-state index contributed by atoms with van der Waals surface area (Å²) in [5.41, 5.74) is 2.53. The van der Waals surface area contributed by atoms with Gasteiger partial charge in [0.05, 0.1) is 0 Å². The first-order valence-electron chi connectivity index (χ1n) is 6.05. The number of aryl methyl sites for hydroxylation is 1. The van der Waals surface area contributed by atoms with Gasteiger partial charge in [0.2, 0.25) is 0 Å². The van der Waals surface area contributed by atoms with Crippen LogP contribution in [0.3, 0.4) is 0 Å². The van der Waals surface area contributed by atoms with Crippen molar-refractivity contribution in [3.63, 3.8) is 0 Å². The number of nitrogens with zero attached hydrogens (tertiary/aromatic N) is 2. The van der Waals surface area contributed by atoms with Crippen LogP contribution in [0.5, 0.6) is 0 Å². The molecular formula is C13H18N2. The molecular weight excluding hydrogens is 184 g/mol. The Morgan fingerprint density at radius 1 is 1.20 bits per heavy atom. The molecule has 2 fully saturated rings. The van der Waals surface area contributed by atoms with Crippen LogP contribution in [0, 0.1) is 6.92 Å². The second kappa shape index (κ2) is 3.51. The Kier molecular flexibility index (Phi) is 2.15. The fourth-order valence-electron chi connectivity index (χ4n) is 3.23. The van der Waals surface area contributed by atoms with Gasteiger partial charge in [0.15, 0.2) is 0 Å². The van der Waals surface area contributed by atoms with E-state index in [0.29, 0.717) is 0 Å². The first-order valence-corrected chi connectivity index (χ1v) is 6.05. The Balaban J connectivity index is 1.93. The van der Waals surface area contributed by atoms with Crippen molar-refractivity contribution in [2.45, 2.75) is 51.1 Å². The number of aromatic nitrogens is 1. The van der Waals surface area contributed by atoms with E-state index >= 15 is 0 Å². The van der Waals surface area contributed by atoms with E-state index in [0.717, 1.165) is 17.8 Å². The maximum absolute atomic E-state index is 4.28. The predicted molar refractivity (Wildman–Crippen MR) is 62.1 cm³/mol. The van der Waals surface area contributed by atoms with E-state index in [-0.39, 0.29) is 0 Å². The lowest BCUT2D eigenvalue weighted by Gasteiger charge is -2.36. The molecule has 15 heavy (non-hydrogen) atoms. The van der Waals surface area contributed by atoms with E-state index in [1.807, 2.05) is 6.20 Å². The summed E-state index contributed by atoms with van der Waals surface area (Å²) in [4.78, 5) is 6.93. The zero-order valence-corrected chi connectivity index (χ0v) is 9.32. The molecule has 0 amide bonds. The zero-order chi connectivity index (χ0) is 10.3. The summed E-state index contributed by atoms with van der Waals surface area (Å²) in [6, 6.07) is 6.02. The molecule has 0 radical (unpaired) electrons. The average molecular weight is 202 g/mol. The summed E-state index contributed by atoms with van der Waals surface area (Å²) in [6.45, 7) is 2.08. The highest BCUT2D eigenvalue weighted by atomic mass is 15.2. The molecule has 3 rings (SSSR count). The maximum atomic E-state index is 4.28. The van der Waals surface area contributed by atoms with Crippen LogP contribution in [-0.2, 0) is 0 Å². The lowest BCUT2D eigenvalue weighted by molar-refractivity contribution is 0.468. The molecule has 0 saturated carbocycles. The Bertz CT molecular complexity index is 345. The average Bonchev–Trinajstić information content (AvgIpc) is 2.49. The van der Waals surface area contributed by atoms with Gasteiger partial charge >= 0.3 is 0 Å². The fourth-order valence-corrected chi connectivity index (χ4v) is 3.23. The van der Waals surface area contributed by atoms with Gasteiger partial charge < -0.3 is 4.90 Å². The van der Waals surface area contributed by atoms with Gasteiger partial charge in [-0.25, -0.2) is 0 Å². The molecule has 2 bridgehead atoms. The van der Waals surface area contributed by atoms with Gasteiger partial charge in [-0.1, -0.05) is 0 Å². The SMILES string of the molecule is Cc1cc(N2C3CCCC2CC3)ccn1. The summed E-state index contributed by atoms with van der Waals surface area (Å²) < 4.78 is 0. The second-order valence-electron chi connectivity index (χ2n) is 4.88. The molecule has 2 saturated heterocycles. The van der Waals surface area contributed by atoms with Crippen molar-refractivity contribution in [3.8, 4) is 0 Å². The summed E-state index contributed by atoms with van der Waals surface area (Å²) in [5, 5.41) is 0. The van der Waals surface area contributed by atoms with Crippen molar-refractivity contribution < 1.29 is 0 Å². The number of hydrogen-bond donors (Lipinski definition) is 0. The van der Waals surface area contributed by atoms with Crippen molar-refractivity contribution in [1.82, 2.24) is 4.98 Å². The standard InChI is InChI=1S/C13H18N2/c1-10-9-13(7-8-14-10)15-11-3-2-4-12(15)6-5-11/h7-9,11-12H,2-6H2,1H3. The Labute approximate surface area is 91.3 Å². The molecule has 2 aliphatic rings. The van der Waals surface area contributed by atoms with Crippen LogP contribution >= 0.6 is 0 Å². The molecule has 2 nitrogen and oxygen atoms in total. The van der Waals surface area contributed by atoms with E-state index in [9.17, 15) is 0 Å². The summed E-state index contributed by atoms with van der Waals surface area (Å²) in [5.74, 6) is 0. The third-order valence-corrected chi connectivity index (χ3v) is 3.87. The topological polar surface area (TPSA) is 16.1 Å². The van der Waals surface area contributed by atoms with Crippen LogP contribution in [-0.4, -0.2) is 17.1 Å². The van der Waals surface area contributed by atoms with Crippen molar-refractivity contribution in [2.75, 3.05) is 4.90 Å². The van der Waals surface area contributed by atoms with Gasteiger partial charge in [-0.2, -0.15) is 0 Å². The molecule has 80 valence electrons.